The van der Waals surface area contributed by atoms with Gasteiger partial charge in [-0.25, -0.2) is 4.79 Å². The average Bonchev–Trinajstić information content (AvgIpc) is 2.18. The molecule has 4 heteroatoms. The molecule has 0 atom stereocenters. The van der Waals surface area contributed by atoms with Gasteiger partial charge in [0.1, 0.15) is 11.3 Å². The van der Waals surface area contributed by atoms with E-state index in [2.05, 4.69) is 6.92 Å². The van der Waals surface area contributed by atoms with E-state index in [4.69, 9.17) is 10.2 Å². The van der Waals surface area contributed by atoms with E-state index >= 15 is 0 Å². The monoisotopic (exact) mass is 204 g/mol. The minimum absolute atomic E-state index is 0.0671. The van der Waals surface area contributed by atoms with Crippen molar-refractivity contribution in [2.45, 2.75) is 17.0 Å². The predicted octanol–water partition coefficient (Wildman–Crippen LogP) is 2.07. The molecule has 0 spiro atoms. The van der Waals surface area contributed by atoms with E-state index in [0.29, 0.717) is 0 Å². The largest absolute Gasteiger partial charge is 0.507 e. The van der Waals surface area contributed by atoms with Crippen molar-refractivity contribution in [1.82, 2.24) is 0 Å². The van der Waals surface area contributed by atoms with Gasteiger partial charge in [-0.2, -0.15) is 0 Å². The molecule has 1 aromatic carbocycles. The molecule has 72 valence electrons. The number of para-hydroxylation sites is 1. The van der Waals surface area contributed by atoms with Gasteiger partial charge >= 0.3 is 50.9 Å². The van der Waals surface area contributed by atoms with Crippen LogP contribution < -0.4 is 0 Å². The number of carboxylic acids is 1. The Morgan fingerprint density at radius 3 is 2.21 bits per heavy atom. The third-order valence-corrected chi connectivity index (χ3v) is 2.63. The van der Waals surface area contributed by atoms with E-state index in [1.165, 1.54) is 50.2 Å². The van der Waals surface area contributed by atoms with Gasteiger partial charge in [-0.05, 0) is 12.1 Å². The van der Waals surface area contributed by atoms with E-state index in [9.17, 15) is 4.79 Å². The maximum atomic E-state index is 10.3. The Hall–Kier alpha value is -0.510. The van der Waals surface area contributed by atoms with Crippen molar-refractivity contribution in [3.8, 4) is 5.75 Å². The van der Waals surface area contributed by atoms with Crippen LogP contribution >= 0.6 is 0 Å². The van der Waals surface area contributed by atoms with E-state index in [-0.39, 0.29) is 11.3 Å². The summed E-state index contributed by atoms with van der Waals surface area (Å²) >= 11 is 1.39. The Kier molecular flexibility index (Phi) is 7.57. The van der Waals surface area contributed by atoms with Crippen molar-refractivity contribution in [2.75, 3.05) is 0 Å². The van der Waals surface area contributed by atoms with Crippen LogP contribution in [0.3, 0.4) is 0 Å². The Bertz CT molecular complexity index is 284. The van der Waals surface area contributed by atoms with Crippen LogP contribution in [0.25, 0.3) is 0 Å². The first-order valence-corrected chi connectivity index (χ1v) is 6.06. The number of carboxylic acid groups (broad SMARTS) is 1. The van der Waals surface area contributed by atoms with Gasteiger partial charge in [-0.1, -0.05) is 12.1 Å². The number of hydrogen-bond donors (Lipinski definition) is 2. The molecule has 0 bridgehead atoms. The van der Waals surface area contributed by atoms with Crippen molar-refractivity contribution in [1.29, 1.82) is 0 Å². The summed E-state index contributed by atoms with van der Waals surface area (Å²) in [6, 6.07) is 5.81. The molecule has 0 aliphatic heterocycles. The predicted molar refractivity (Wildman–Crippen MR) is 55.9 cm³/mol. The van der Waals surface area contributed by atoms with E-state index in [1.54, 1.807) is 12.1 Å². The molecule has 0 saturated carbocycles. The summed E-state index contributed by atoms with van der Waals surface area (Å²) in [6.07, 6.45) is 1.38. The Balaban J connectivity index is 0.000000364. The van der Waals surface area contributed by atoms with Crippen LogP contribution in [0.5, 0.6) is 5.75 Å². The van der Waals surface area contributed by atoms with Crippen LogP contribution in [0.15, 0.2) is 24.3 Å². The van der Waals surface area contributed by atoms with Crippen molar-refractivity contribution < 1.29 is 15.0 Å². The summed E-state index contributed by atoms with van der Waals surface area (Å²) in [7, 11) is 0. The van der Waals surface area contributed by atoms with Crippen molar-refractivity contribution >= 4 is 33.9 Å². The first-order valence-electron chi connectivity index (χ1n) is 4.64. The average molecular weight is 204 g/mol. The third-order valence-electron chi connectivity index (χ3n) is 1.63. The minimum atomic E-state index is -1.11. The van der Waals surface area contributed by atoms with Gasteiger partial charge in [0.05, 0.1) is 0 Å². The van der Waals surface area contributed by atoms with Crippen LogP contribution in [-0.4, -0.2) is 44.1 Å². The molecule has 0 unspecified atom stereocenters. The molecule has 1 rings (SSSR count). The number of hydrogen-bond acceptors (Lipinski definition) is 2. The summed E-state index contributed by atoms with van der Waals surface area (Å²) in [5, 5.41) is 17.3. The fourth-order valence-corrected chi connectivity index (χ4v) is 0.654. The molecule has 0 radical (unpaired) electrons. The zero-order valence-electron chi connectivity index (χ0n) is 8.53. The van der Waals surface area contributed by atoms with Gasteiger partial charge in [0.15, 0.2) is 0 Å². The molecule has 1 aromatic rings. The molecular formula is C10H13NaO3. The number of benzene rings is 1. The van der Waals surface area contributed by atoms with Crippen LogP contribution in [0.4, 0.5) is 0 Å². The van der Waals surface area contributed by atoms with E-state index in [1.807, 2.05) is 0 Å². The SMILES string of the molecule is CC[CH2][Na].O=C(O)c1ccccc1O. The summed E-state index contributed by atoms with van der Waals surface area (Å²) in [6.45, 7) is 2.22. The van der Waals surface area contributed by atoms with E-state index in [0.717, 1.165) is 0 Å². The fraction of sp³-hybridized carbons (Fsp3) is 0.300. The van der Waals surface area contributed by atoms with Crippen LogP contribution in [0, 0.1) is 0 Å². The second kappa shape index (κ2) is 7.85. The van der Waals surface area contributed by atoms with Crippen molar-refractivity contribution in [3.63, 3.8) is 0 Å². The van der Waals surface area contributed by atoms with Gasteiger partial charge < -0.3 is 10.2 Å². The van der Waals surface area contributed by atoms with Crippen LogP contribution in [0.2, 0.25) is 3.67 Å². The Morgan fingerprint density at radius 1 is 1.43 bits per heavy atom. The fourth-order valence-electron chi connectivity index (χ4n) is 0.654. The summed E-state index contributed by atoms with van der Waals surface area (Å²) in [4.78, 5) is 10.3. The molecule has 0 aliphatic rings. The molecule has 0 heterocycles. The molecule has 2 N–H and O–H groups in total. The molecule has 0 fully saturated rings. The number of phenols is 1. The molecule has 0 amide bonds. The quantitative estimate of drug-likeness (QED) is 0.725. The normalized spacial score (nSPS) is 8.79. The Morgan fingerprint density at radius 2 is 1.93 bits per heavy atom. The second-order valence-electron chi connectivity index (χ2n) is 2.82. The second-order valence-corrected chi connectivity index (χ2v) is 3.82. The van der Waals surface area contributed by atoms with Crippen LogP contribution in [-0.2, 0) is 0 Å². The van der Waals surface area contributed by atoms with Gasteiger partial charge in [-0.3, -0.25) is 0 Å². The standard InChI is InChI=1S/C7H6O3.C3H7.Na/c8-6-4-2-1-3-5(6)7(9)10;1-3-2;/h1-4,8H,(H,9,10);1,3H2,2H3;. The van der Waals surface area contributed by atoms with Crippen LogP contribution in [0.1, 0.15) is 23.7 Å². The summed E-state index contributed by atoms with van der Waals surface area (Å²) < 4.78 is 1.46. The maximum absolute atomic E-state index is 10.3. The molecule has 0 saturated heterocycles. The van der Waals surface area contributed by atoms with E-state index < -0.39 is 5.97 Å². The zero-order chi connectivity index (χ0) is 11.0. The summed E-state index contributed by atoms with van der Waals surface area (Å²) in [5.74, 6) is -1.31. The molecular weight excluding hydrogens is 191 g/mol. The molecule has 0 aromatic heterocycles. The van der Waals surface area contributed by atoms with Crippen molar-refractivity contribution in [2.24, 2.45) is 0 Å². The van der Waals surface area contributed by atoms with Gasteiger partial charge in [-0.15, -0.1) is 0 Å². The smallest absolute Gasteiger partial charge is 0.339 e. The first kappa shape index (κ1) is 13.5. The topological polar surface area (TPSA) is 57.5 Å². The minimum Gasteiger partial charge on any atom is -0.507 e. The Labute approximate surface area is 101 Å². The molecule has 0 aliphatic carbocycles. The third kappa shape index (κ3) is 5.27. The molecule has 14 heavy (non-hydrogen) atoms. The first-order chi connectivity index (χ1) is 6.63. The summed E-state index contributed by atoms with van der Waals surface area (Å²) in [5.41, 5.74) is -0.0671. The van der Waals surface area contributed by atoms with Gasteiger partial charge in [0.2, 0.25) is 0 Å². The van der Waals surface area contributed by atoms with Gasteiger partial charge in [0, 0.05) is 0 Å². The van der Waals surface area contributed by atoms with Crippen molar-refractivity contribution in [3.05, 3.63) is 29.8 Å². The van der Waals surface area contributed by atoms with Gasteiger partial charge in [0.25, 0.3) is 0 Å². The number of aromatic hydroxyl groups is 1. The molecule has 3 nitrogen and oxygen atoms in total. The number of carbonyl (C=O) groups is 1. The number of aromatic carboxylic acids is 1. The maximum Gasteiger partial charge on any atom is 0.339 e. The zero-order valence-corrected chi connectivity index (χ0v) is 10.5. The number of rotatable bonds is 2.